The minimum absolute atomic E-state index is 0.554. The Kier molecular flexibility index (Phi) is 7.02. The van der Waals surface area contributed by atoms with E-state index in [1.165, 1.54) is 5.39 Å². The van der Waals surface area contributed by atoms with Gasteiger partial charge in [-0.3, -0.25) is 0 Å². The van der Waals surface area contributed by atoms with Crippen molar-refractivity contribution in [2.75, 3.05) is 0 Å². The average Bonchev–Trinajstić information content (AvgIpc) is 4.02. The molecule has 10 aromatic carbocycles. The molecule has 6 heteroatoms. The fraction of sp³-hybridized carbons (Fsp3) is 0. The predicted molar refractivity (Wildman–Crippen MR) is 258 cm³/mol. The molecule has 0 aliphatic heterocycles. The zero-order valence-electron chi connectivity index (χ0n) is 33.6. The number of furan rings is 2. The number of fused-ring (bicyclic) bond motifs is 13. The van der Waals surface area contributed by atoms with Gasteiger partial charge in [-0.15, -0.1) is 0 Å². The second-order valence-corrected chi connectivity index (χ2v) is 16.3. The van der Waals surface area contributed by atoms with Crippen molar-refractivity contribution in [2.45, 2.75) is 0 Å². The molecule has 6 nitrogen and oxygen atoms in total. The summed E-state index contributed by atoms with van der Waals surface area (Å²) in [5.74, 6) is 1.69. The molecular formula is C57H32N4O2. The third-order valence-corrected chi connectivity index (χ3v) is 12.8. The van der Waals surface area contributed by atoms with Crippen molar-refractivity contribution in [1.82, 2.24) is 19.5 Å². The van der Waals surface area contributed by atoms with Crippen LogP contribution in [0.2, 0.25) is 0 Å². The smallest absolute Gasteiger partial charge is 0.166 e. The number of aromatic nitrogens is 4. The third-order valence-electron chi connectivity index (χ3n) is 12.8. The summed E-state index contributed by atoms with van der Waals surface area (Å²) in [6, 6.07) is 67.8. The predicted octanol–water partition coefficient (Wildman–Crippen LogP) is 15.2. The maximum atomic E-state index is 6.93. The SMILES string of the molecule is c1ccc2cc3c(cc2c1)c1ccccc1n3-c1c(-c2nc(-c3cccc4ccccc34)nc(-c3cccc4oc5ccccc5c34)n2)c2ccccc2c2oc3ccccc3c12. The maximum Gasteiger partial charge on any atom is 0.166 e. The van der Waals surface area contributed by atoms with Crippen LogP contribution in [-0.4, -0.2) is 19.5 Å². The fourth-order valence-corrected chi connectivity index (χ4v) is 10.1. The van der Waals surface area contributed by atoms with Crippen molar-refractivity contribution in [3.63, 3.8) is 0 Å². The summed E-state index contributed by atoms with van der Waals surface area (Å²) in [4.78, 5) is 16.6. The number of hydrogen-bond donors (Lipinski definition) is 0. The summed E-state index contributed by atoms with van der Waals surface area (Å²) in [7, 11) is 0. The molecule has 0 N–H and O–H groups in total. The van der Waals surface area contributed by atoms with E-state index in [2.05, 4.69) is 162 Å². The van der Waals surface area contributed by atoms with Crippen LogP contribution in [0.3, 0.4) is 0 Å². The molecule has 0 unspecified atom stereocenters. The number of para-hydroxylation sites is 3. The molecule has 0 saturated heterocycles. The van der Waals surface area contributed by atoms with Gasteiger partial charge in [0.15, 0.2) is 17.5 Å². The molecule has 0 fully saturated rings. The van der Waals surface area contributed by atoms with Crippen molar-refractivity contribution >= 4 is 98.0 Å². The highest BCUT2D eigenvalue weighted by Crippen LogP contribution is 2.48. The van der Waals surface area contributed by atoms with Crippen LogP contribution in [0.15, 0.2) is 203 Å². The van der Waals surface area contributed by atoms with E-state index >= 15 is 0 Å². The third kappa shape index (κ3) is 4.91. The molecular weight excluding hydrogens is 773 g/mol. The van der Waals surface area contributed by atoms with Crippen LogP contribution in [0.5, 0.6) is 0 Å². The molecule has 0 aliphatic rings. The maximum absolute atomic E-state index is 6.93. The first-order valence-corrected chi connectivity index (χ1v) is 21.2. The normalized spacial score (nSPS) is 12.1. The van der Waals surface area contributed by atoms with Crippen molar-refractivity contribution in [2.24, 2.45) is 0 Å². The van der Waals surface area contributed by atoms with Gasteiger partial charge >= 0.3 is 0 Å². The number of rotatable bonds is 4. The largest absolute Gasteiger partial charge is 0.456 e. The number of benzene rings is 10. The van der Waals surface area contributed by atoms with E-state index in [9.17, 15) is 0 Å². The highest BCUT2D eigenvalue weighted by molar-refractivity contribution is 6.26. The van der Waals surface area contributed by atoms with Gasteiger partial charge in [0.05, 0.1) is 27.7 Å². The van der Waals surface area contributed by atoms with E-state index in [0.29, 0.717) is 17.5 Å². The minimum Gasteiger partial charge on any atom is -0.456 e. The second-order valence-electron chi connectivity index (χ2n) is 16.3. The van der Waals surface area contributed by atoms with Gasteiger partial charge in [0.1, 0.15) is 22.3 Å². The van der Waals surface area contributed by atoms with Crippen molar-refractivity contribution in [3.8, 4) is 39.9 Å². The summed E-state index contributed by atoms with van der Waals surface area (Å²) in [6.07, 6.45) is 0. The Morgan fingerprint density at radius 3 is 1.68 bits per heavy atom. The molecule has 0 spiro atoms. The zero-order chi connectivity index (χ0) is 41.2. The molecule has 0 radical (unpaired) electrons. The van der Waals surface area contributed by atoms with Crippen LogP contribution in [0, 0.1) is 0 Å². The molecule has 0 bridgehead atoms. The van der Waals surface area contributed by atoms with E-state index in [1.807, 2.05) is 36.4 Å². The molecule has 63 heavy (non-hydrogen) atoms. The molecule has 14 rings (SSSR count). The second kappa shape index (κ2) is 12.9. The van der Waals surface area contributed by atoms with E-state index in [-0.39, 0.29) is 0 Å². The Hall–Kier alpha value is -8.61. The van der Waals surface area contributed by atoms with Gasteiger partial charge in [0.25, 0.3) is 0 Å². The quantitative estimate of drug-likeness (QED) is 0.177. The Balaban J connectivity index is 1.20. The van der Waals surface area contributed by atoms with Gasteiger partial charge < -0.3 is 13.4 Å². The van der Waals surface area contributed by atoms with Crippen LogP contribution in [0.4, 0.5) is 0 Å². The first-order valence-electron chi connectivity index (χ1n) is 21.2. The average molecular weight is 805 g/mol. The van der Waals surface area contributed by atoms with Gasteiger partial charge in [0, 0.05) is 43.4 Å². The molecule has 4 heterocycles. The summed E-state index contributed by atoms with van der Waals surface area (Å²) in [5.41, 5.74) is 8.99. The molecule has 0 atom stereocenters. The fourth-order valence-electron chi connectivity index (χ4n) is 10.1. The first kappa shape index (κ1) is 34.1. The van der Waals surface area contributed by atoms with Gasteiger partial charge in [0.2, 0.25) is 0 Å². The molecule has 4 aromatic heterocycles. The van der Waals surface area contributed by atoms with Gasteiger partial charge in [-0.05, 0) is 63.3 Å². The van der Waals surface area contributed by atoms with E-state index < -0.39 is 0 Å². The summed E-state index contributed by atoms with van der Waals surface area (Å²) in [6.45, 7) is 0. The van der Waals surface area contributed by atoms with Crippen LogP contribution in [-0.2, 0) is 0 Å². The van der Waals surface area contributed by atoms with Crippen LogP contribution in [0.25, 0.3) is 138 Å². The lowest BCUT2D eigenvalue weighted by Crippen LogP contribution is -2.05. The van der Waals surface area contributed by atoms with Crippen LogP contribution < -0.4 is 0 Å². The van der Waals surface area contributed by atoms with E-state index in [0.717, 1.165) is 115 Å². The lowest BCUT2D eigenvalue weighted by molar-refractivity contribution is 0.669. The lowest BCUT2D eigenvalue weighted by atomic mass is 9.96. The van der Waals surface area contributed by atoms with E-state index in [4.69, 9.17) is 23.8 Å². The van der Waals surface area contributed by atoms with Gasteiger partial charge in [-0.25, -0.2) is 15.0 Å². The summed E-state index contributed by atoms with van der Waals surface area (Å²) in [5, 5.41) is 12.8. The topological polar surface area (TPSA) is 69.9 Å². The molecule has 14 aromatic rings. The summed E-state index contributed by atoms with van der Waals surface area (Å²) < 4.78 is 15.8. The molecule has 292 valence electrons. The van der Waals surface area contributed by atoms with Crippen molar-refractivity contribution < 1.29 is 8.83 Å². The monoisotopic (exact) mass is 804 g/mol. The Morgan fingerprint density at radius 1 is 0.333 bits per heavy atom. The minimum atomic E-state index is 0.554. The molecule has 0 amide bonds. The number of hydrogen-bond acceptors (Lipinski definition) is 5. The van der Waals surface area contributed by atoms with Crippen LogP contribution in [0.1, 0.15) is 0 Å². The highest BCUT2D eigenvalue weighted by atomic mass is 16.3. The Morgan fingerprint density at radius 2 is 0.873 bits per heavy atom. The molecule has 0 aliphatic carbocycles. The summed E-state index contributed by atoms with van der Waals surface area (Å²) >= 11 is 0. The Labute approximate surface area is 358 Å². The zero-order valence-corrected chi connectivity index (χ0v) is 33.6. The van der Waals surface area contributed by atoms with Gasteiger partial charge in [-0.2, -0.15) is 0 Å². The van der Waals surface area contributed by atoms with Crippen molar-refractivity contribution in [1.29, 1.82) is 0 Å². The van der Waals surface area contributed by atoms with Gasteiger partial charge in [-0.1, -0.05) is 158 Å². The standard InChI is InChI=1S/C57H32N4O2/c1-2-17-35-32-46-44(31-34(35)16-1)37-20-7-10-27-45(37)61(46)53-51-42-24-9-12-29-48(42)63-54(51)39-22-6-5-21-38(39)52(53)57-59-55(40-25-13-18-33-15-3-4-19-36(33)40)58-56(60-57)43-26-14-30-49-50(43)41-23-8-11-28-47(41)62-49/h1-32H. The van der Waals surface area contributed by atoms with Crippen LogP contribution >= 0.6 is 0 Å². The highest BCUT2D eigenvalue weighted by Gasteiger charge is 2.28. The van der Waals surface area contributed by atoms with Crippen molar-refractivity contribution in [3.05, 3.63) is 194 Å². The molecule has 0 saturated carbocycles. The Bertz CT molecular complexity index is 4230. The first-order chi connectivity index (χ1) is 31.2. The number of nitrogens with zero attached hydrogens (tertiary/aromatic N) is 4. The lowest BCUT2D eigenvalue weighted by Gasteiger charge is -2.19. The van der Waals surface area contributed by atoms with E-state index in [1.54, 1.807) is 0 Å².